The zero-order valence-corrected chi connectivity index (χ0v) is 11.6. The second kappa shape index (κ2) is 7.87. The molecule has 0 radical (unpaired) electrons. The third-order valence-electron chi connectivity index (χ3n) is 2.82. The normalized spacial score (nSPS) is 11.4. The molecule has 0 heterocycles. The standard InChI is InChI=1S/C17H17NO3/c1-2-16(15-11-7-4-8-12-15)21-18-17(19)20-13-14-9-5-3-6-10-14/h2-12,16H,1,13H2,(H,18,19). The minimum absolute atomic E-state index is 0.195. The Hall–Kier alpha value is -2.59. The summed E-state index contributed by atoms with van der Waals surface area (Å²) in [6, 6.07) is 18.9. The van der Waals surface area contributed by atoms with Crippen molar-refractivity contribution in [1.82, 2.24) is 5.48 Å². The highest BCUT2D eigenvalue weighted by Crippen LogP contribution is 2.16. The van der Waals surface area contributed by atoms with E-state index in [1.807, 2.05) is 60.7 Å². The van der Waals surface area contributed by atoms with Crippen LogP contribution < -0.4 is 5.48 Å². The van der Waals surface area contributed by atoms with E-state index in [9.17, 15) is 4.79 Å². The van der Waals surface area contributed by atoms with Crippen molar-refractivity contribution in [2.24, 2.45) is 0 Å². The molecule has 0 aliphatic heterocycles. The molecular formula is C17H17NO3. The van der Waals surface area contributed by atoms with E-state index < -0.39 is 12.2 Å². The molecule has 0 saturated carbocycles. The summed E-state index contributed by atoms with van der Waals surface area (Å²) in [5.41, 5.74) is 4.08. The number of ether oxygens (including phenoxy) is 1. The minimum Gasteiger partial charge on any atom is -0.443 e. The van der Waals surface area contributed by atoms with Crippen LogP contribution in [-0.2, 0) is 16.2 Å². The number of nitrogens with one attached hydrogen (secondary N) is 1. The summed E-state index contributed by atoms with van der Waals surface area (Å²) in [5, 5.41) is 0. The Labute approximate surface area is 124 Å². The second-order valence-electron chi connectivity index (χ2n) is 4.35. The van der Waals surface area contributed by atoms with Crippen molar-refractivity contribution < 1.29 is 14.4 Å². The van der Waals surface area contributed by atoms with Gasteiger partial charge in [-0.3, -0.25) is 4.84 Å². The summed E-state index contributed by atoms with van der Waals surface area (Å²) in [5.74, 6) is 0. The highest BCUT2D eigenvalue weighted by atomic mass is 16.7. The first-order valence-electron chi connectivity index (χ1n) is 6.59. The van der Waals surface area contributed by atoms with Gasteiger partial charge in [-0.2, -0.15) is 5.48 Å². The smallest absolute Gasteiger partial charge is 0.431 e. The van der Waals surface area contributed by atoms with E-state index in [1.165, 1.54) is 0 Å². The van der Waals surface area contributed by atoms with E-state index in [0.29, 0.717) is 0 Å². The van der Waals surface area contributed by atoms with E-state index in [2.05, 4.69) is 12.1 Å². The van der Waals surface area contributed by atoms with Crippen molar-refractivity contribution in [3.8, 4) is 0 Å². The number of amides is 1. The van der Waals surface area contributed by atoms with Gasteiger partial charge in [0.05, 0.1) is 0 Å². The van der Waals surface area contributed by atoms with Crippen molar-refractivity contribution in [1.29, 1.82) is 0 Å². The molecular weight excluding hydrogens is 266 g/mol. The van der Waals surface area contributed by atoms with Crippen LogP contribution in [0.3, 0.4) is 0 Å². The zero-order valence-electron chi connectivity index (χ0n) is 11.6. The monoisotopic (exact) mass is 283 g/mol. The molecule has 0 bridgehead atoms. The third kappa shape index (κ3) is 4.78. The first-order valence-corrected chi connectivity index (χ1v) is 6.59. The van der Waals surface area contributed by atoms with E-state index in [4.69, 9.17) is 9.57 Å². The Morgan fingerprint density at radius 1 is 1.10 bits per heavy atom. The molecule has 21 heavy (non-hydrogen) atoms. The second-order valence-corrected chi connectivity index (χ2v) is 4.35. The number of hydrogen-bond donors (Lipinski definition) is 1. The number of benzene rings is 2. The summed E-state index contributed by atoms with van der Waals surface area (Å²) in [6.45, 7) is 3.89. The van der Waals surface area contributed by atoms with Crippen LogP contribution in [0, 0.1) is 0 Å². The quantitative estimate of drug-likeness (QED) is 0.648. The molecule has 108 valence electrons. The lowest BCUT2D eigenvalue weighted by Crippen LogP contribution is -2.26. The lowest BCUT2D eigenvalue weighted by atomic mass is 10.1. The number of carbonyl (C=O) groups is 1. The Kier molecular flexibility index (Phi) is 5.55. The van der Waals surface area contributed by atoms with Crippen molar-refractivity contribution >= 4 is 6.09 Å². The fourth-order valence-corrected chi connectivity index (χ4v) is 1.76. The van der Waals surface area contributed by atoms with Crippen LogP contribution in [-0.4, -0.2) is 6.09 Å². The van der Waals surface area contributed by atoms with Gasteiger partial charge >= 0.3 is 6.09 Å². The van der Waals surface area contributed by atoms with Crippen LogP contribution in [0.25, 0.3) is 0 Å². The van der Waals surface area contributed by atoms with Gasteiger partial charge in [0.1, 0.15) is 12.7 Å². The Morgan fingerprint density at radius 3 is 2.33 bits per heavy atom. The lowest BCUT2D eigenvalue weighted by Gasteiger charge is -2.14. The molecule has 2 rings (SSSR count). The van der Waals surface area contributed by atoms with E-state index >= 15 is 0 Å². The molecule has 0 spiro atoms. The van der Waals surface area contributed by atoms with Gasteiger partial charge in [0.15, 0.2) is 0 Å². The lowest BCUT2D eigenvalue weighted by molar-refractivity contribution is -0.00523. The van der Waals surface area contributed by atoms with Gasteiger partial charge in [-0.05, 0) is 11.1 Å². The largest absolute Gasteiger partial charge is 0.443 e. The van der Waals surface area contributed by atoms with E-state index in [0.717, 1.165) is 11.1 Å². The SMILES string of the molecule is C=CC(ONC(=O)OCc1ccccc1)c1ccccc1. The number of carbonyl (C=O) groups excluding carboxylic acids is 1. The summed E-state index contributed by atoms with van der Waals surface area (Å²) in [4.78, 5) is 16.9. The number of hydroxylamine groups is 1. The molecule has 0 fully saturated rings. The van der Waals surface area contributed by atoms with E-state index in [1.54, 1.807) is 6.08 Å². The molecule has 1 N–H and O–H groups in total. The van der Waals surface area contributed by atoms with Gasteiger partial charge in [-0.1, -0.05) is 66.7 Å². The van der Waals surface area contributed by atoms with Crippen LogP contribution in [0.4, 0.5) is 4.79 Å². The molecule has 0 aliphatic carbocycles. The van der Waals surface area contributed by atoms with Gasteiger partial charge in [0.25, 0.3) is 0 Å². The summed E-state index contributed by atoms with van der Waals surface area (Å²) in [6.07, 6.45) is 0.546. The molecule has 2 aromatic carbocycles. The first kappa shape index (κ1) is 14.8. The molecule has 1 unspecified atom stereocenters. The molecule has 0 aliphatic rings. The summed E-state index contributed by atoms with van der Waals surface area (Å²) in [7, 11) is 0. The maximum atomic E-state index is 11.6. The van der Waals surface area contributed by atoms with Crippen LogP contribution >= 0.6 is 0 Å². The summed E-state index contributed by atoms with van der Waals surface area (Å²) < 4.78 is 5.05. The zero-order chi connectivity index (χ0) is 14.9. The minimum atomic E-state index is -0.637. The number of rotatable bonds is 6. The van der Waals surface area contributed by atoms with Crippen molar-refractivity contribution in [3.63, 3.8) is 0 Å². The molecule has 4 nitrogen and oxygen atoms in total. The molecule has 0 aromatic heterocycles. The van der Waals surface area contributed by atoms with E-state index in [-0.39, 0.29) is 6.61 Å². The van der Waals surface area contributed by atoms with Crippen LogP contribution in [0.5, 0.6) is 0 Å². The molecule has 1 amide bonds. The molecule has 2 aromatic rings. The third-order valence-corrected chi connectivity index (χ3v) is 2.82. The van der Waals surface area contributed by atoms with Gasteiger partial charge in [0.2, 0.25) is 0 Å². The fourth-order valence-electron chi connectivity index (χ4n) is 1.76. The maximum absolute atomic E-state index is 11.6. The van der Waals surface area contributed by atoms with Crippen LogP contribution in [0.2, 0.25) is 0 Å². The van der Waals surface area contributed by atoms with Crippen LogP contribution in [0.1, 0.15) is 17.2 Å². The predicted molar refractivity (Wildman–Crippen MR) is 80.2 cm³/mol. The molecule has 0 saturated heterocycles. The average Bonchev–Trinajstić information content (AvgIpc) is 2.55. The Balaban J connectivity index is 1.79. The average molecular weight is 283 g/mol. The van der Waals surface area contributed by atoms with Gasteiger partial charge in [-0.15, -0.1) is 6.58 Å². The maximum Gasteiger partial charge on any atom is 0.431 e. The van der Waals surface area contributed by atoms with Crippen molar-refractivity contribution in [2.45, 2.75) is 12.7 Å². The van der Waals surface area contributed by atoms with Crippen molar-refractivity contribution in [3.05, 3.63) is 84.4 Å². The first-order chi connectivity index (χ1) is 10.3. The molecule has 1 atom stereocenters. The Morgan fingerprint density at radius 2 is 1.71 bits per heavy atom. The highest BCUT2D eigenvalue weighted by Gasteiger charge is 2.10. The van der Waals surface area contributed by atoms with Crippen LogP contribution in [0.15, 0.2) is 73.3 Å². The number of hydrogen-bond acceptors (Lipinski definition) is 3. The van der Waals surface area contributed by atoms with Gasteiger partial charge in [-0.25, -0.2) is 4.79 Å². The van der Waals surface area contributed by atoms with Crippen molar-refractivity contribution in [2.75, 3.05) is 0 Å². The topological polar surface area (TPSA) is 47.6 Å². The van der Waals surface area contributed by atoms with Gasteiger partial charge in [0, 0.05) is 0 Å². The Bertz CT molecular complexity index is 569. The van der Waals surface area contributed by atoms with Gasteiger partial charge < -0.3 is 4.74 Å². The predicted octanol–water partition coefficient (Wildman–Crippen LogP) is 3.77. The summed E-state index contributed by atoms with van der Waals surface area (Å²) >= 11 is 0. The fraction of sp³-hybridized carbons (Fsp3) is 0.118. The highest BCUT2D eigenvalue weighted by molar-refractivity contribution is 5.65. The molecule has 4 heteroatoms.